The van der Waals surface area contributed by atoms with Crippen LogP contribution in [0, 0.1) is 0 Å². The first-order valence-corrected chi connectivity index (χ1v) is 7.62. The van der Waals surface area contributed by atoms with Crippen LogP contribution in [0.3, 0.4) is 0 Å². The van der Waals surface area contributed by atoms with Crippen LogP contribution in [0.5, 0.6) is 0 Å². The highest BCUT2D eigenvalue weighted by Gasteiger charge is 2.30. The lowest BCUT2D eigenvalue weighted by Gasteiger charge is -2.23. The minimum absolute atomic E-state index is 0.0629. The van der Waals surface area contributed by atoms with E-state index in [4.69, 9.17) is 4.74 Å². The van der Waals surface area contributed by atoms with E-state index in [0.29, 0.717) is 12.4 Å². The van der Waals surface area contributed by atoms with Crippen molar-refractivity contribution in [3.05, 3.63) is 28.7 Å². The maximum atomic E-state index is 11.9. The SMILES string of the molecule is C[C@]1(NC(=O)CSc2cccc(Br)c2)CCOC1. The Kier molecular flexibility index (Phi) is 4.70. The largest absolute Gasteiger partial charge is 0.379 e. The van der Waals surface area contributed by atoms with Gasteiger partial charge >= 0.3 is 0 Å². The molecule has 0 aromatic heterocycles. The van der Waals surface area contributed by atoms with Crippen molar-refractivity contribution < 1.29 is 9.53 Å². The van der Waals surface area contributed by atoms with E-state index in [-0.39, 0.29) is 11.4 Å². The van der Waals surface area contributed by atoms with E-state index >= 15 is 0 Å². The highest BCUT2D eigenvalue weighted by Crippen LogP contribution is 2.22. The van der Waals surface area contributed by atoms with E-state index in [0.717, 1.165) is 22.4 Å². The first kappa shape index (κ1) is 13.9. The van der Waals surface area contributed by atoms with Crippen LogP contribution in [0.1, 0.15) is 13.3 Å². The average Bonchev–Trinajstić information content (AvgIpc) is 2.73. The molecule has 1 N–H and O–H groups in total. The topological polar surface area (TPSA) is 38.3 Å². The molecule has 1 amide bonds. The molecular formula is C13H16BrNO2S. The maximum Gasteiger partial charge on any atom is 0.230 e. The van der Waals surface area contributed by atoms with Crippen molar-refractivity contribution in [2.45, 2.75) is 23.8 Å². The van der Waals surface area contributed by atoms with Crippen LogP contribution in [-0.4, -0.2) is 30.4 Å². The van der Waals surface area contributed by atoms with E-state index < -0.39 is 0 Å². The van der Waals surface area contributed by atoms with E-state index in [1.807, 2.05) is 31.2 Å². The number of thioether (sulfide) groups is 1. The lowest BCUT2D eigenvalue weighted by atomic mass is 10.0. The predicted molar refractivity (Wildman–Crippen MR) is 76.8 cm³/mol. The summed E-state index contributed by atoms with van der Waals surface area (Å²) in [5.74, 6) is 0.499. The lowest BCUT2D eigenvalue weighted by molar-refractivity contribution is -0.120. The summed E-state index contributed by atoms with van der Waals surface area (Å²) in [5, 5.41) is 3.04. The van der Waals surface area contributed by atoms with E-state index in [9.17, 15) is 4.79 Å². The standard InChI is InChI=1S/C13H16BrNO2S/c1-13(5-6-17-9-13)15-12(16)8-18-11-4-2-3-10(14)7-11/h2-4,7H,5-6,8-9H2,1H3,(H,15,16)/t13-/m0/s1. The van der Waals surface area contributed by atoms with Gasteiger partial charge in [-0.25, -0.2) is 0 Å². The third-order valence-electron chi connectivity index (χ3n) is 2.83. The zero-order valence-corrected chi connectivity index (χ0v) is 12.6. The number of benzene rings is 1. The molecule has 1 aliphatic rings. The fourth-order valence-corrected chi connectivity index (χ4v) is 3.15. The summed E-state index contributed by atoms with van der Waals surface area (Å²) in [6.45, 7) is 3.37. The van der Waals surface area contributed by atoms with Gasteiger partial charge in [0.1, 0.15) is 0 Å². The number of carbonyl (C=O) groups is 1. The predicted octanol–water partition coefficient (Wildman–Crippen LogP) is 2.84. The van der Waals surface area contributed by atoms with Crippen molar-refractivity contribution in [2.75, 3.05) is 19.0 Å². The normalized spacial score (nSPS) is 23.0. The molecule has 1 atom stereocenters. The summed E-state index contributed by atoms with van der Waals surface area (Å²) >= 11 is 4.96. The van der Waals surface area contributed by atoms with Crippen molar-refractivity contribution >= 4 is 33.6 Å². The molecule has 0 radical (unpaired) electrons. The van der Waals surface area contributed by atoms with Gasteiger partial charge in [0.05, 0.1) is 17.9 Å². The molecule has 1 saturated heterocycles. The number of carbonyl (C=O) groups excluding carboxylic acids is 1. The minimum atomic E-state index is -0.186. The number of halogens is 1. The quantitative estimate of drug-likeness (QED) is 0.863. The third kappa shape index (κ3) is 4.00. The van der Waals surface area contributed by atoms with E-state index in [1.165, 1.54) is 0 Å². The van der Waals surface area contributed by atoms with E-state index in [2.05, 4.69) is 21.2 Å². The molecule has 0 unspecified atom stereocenters. The molecular weight excluding hydrogens is 314 g/mol. The molecule has 5 heteroatoms. The Labute approximate surface area is 120 Å². The van der Waals surface area contributed by atoms with Crippen LogP contribution >= 0.6 is 27.7 Å². The third-order valence-corrected chi connectivity index (χ3v) is 4.31. The van der Waals surface area contributed by atoms with Crippen molar-refractivity contribution in [2.24, 2.45) is 0 Å². The highest BCUT2D eigenvalue weighted by atomic mass is 79.9. The fraction of sp³-hybridized carbons (Fsp3) is 0.462. The van der Waals surface area contributed by atoms with Crippen LogP contribution in [0.25, 0.3) is 0 Å². The van der Waals surface area contributed by atoms with Crippen LogP contribution < -0.4 is 5.32 Å². The molecule has 1 fully saturated rings. The van der Waals surface area contributed by atoms with Crippen LogP contribution in [0.15, 0.2) is 33.6 Å². The van der Waals surface area contributed by atoms with Gasteiger partial charge in [-0.05, 0) is 31.5 Å². The average molecular weight is 330 g/mol. The molecule has 98 valence electrons. The number of hydrogen-bond donors (Lipinski definition) is 1. The molecule has 3 nitrogen and oxygen atoms in total. The van der Waals surface area contributed by atoms with Crippen molar-refractivity contribution in [1.29, 1.82) is 0 Å². The summed E-state index contributed by atoms with van der Waals surface area (Å²) in [6, 6.07) is 7.96. The van der Waals surface area contributed by atoms with Gasteiger partial charge < -0.3 is 10.1 Å². The van der Waals surface area contributed by atoms with Crippen molar-refractivity contribution in [1.82, 2.24) is 5.32 Å². The first-order chi connectivity index (χ1) is 8.57. The van der Waals surface area contributed by atoms with Gasteiger partial charge in [-0.15, -0.1) is 11.8 Å². The molecule has 18 heavy (non-hydrogen) atoms. The molecule has 2 rings (SSSR count). The Morgan fingerprint density at radius 2 is 2.44 bits per heavy atom. The van der Waals surface area contributed by atoms with Gasteiger partial charge in [-0.3, -0.25) is 4.79 Å². The molecule has 0 bridgehead atoms. The maximum absolute atomic E-state index is 11.9. The summed E-state index contributed by atoms with van der Waals surface area (Å²) < 4.78 is 6.34. The number of hydrogen-bond acceptors (Lipinski definition) is 3. The van der Waals surface area contributed by atoms with Gasteiger partial charge in [0, 0.05) is 16.0 Å². The molecule has 0 saturated carbocycles. The second kappa shape index (κ2) is 6.08. The van der Waals surface area contributed by atoms with Gasteiger partial charge in [0.15, 0.2) is 0 Å². The van der Waals surface area contributed by atoms with Crippen molar-refractivity contribution in [3.63, 3.8) is 0 Å². The number of nitrogens with one attached hydrogen (secondary N) is 1. The summed E-state index contributed by atoms with van der Waals surface area (Å²) in [6.07, 6.45) is 0.889. The van der Waals surface area contributed by atoms with Crippen LogP contribution in [-0.2, 0) is 9.53 Å². The molecule has 1 aliphatic heterocycles. The van der Waals surface area contributed by atoms with Gasteiger partial charge in [-0.2, -0.15) is 0 Å². The monoisotopic (exact) mass is 329 g/mol. The molecule has 0 spiro atoms. The lowest BCUT2D eigenvalue weighted by Crippen LogP contribution is -2.47. The van der Waals surface area contributed by atoms with Crippen LogP contribution in [0.2, 0.25) is 0 Å². The van der Waals surface area contributed by atoms with Crippen molar-refractivity contribution in [3.8, 4) is 0 Å². The first-order valence-electron chi connectivity index (χ1n) is 5.85. The number of amides is 1. The minimum Gasteiger partial charge on any atom is -0.379 e. The van der Waals surface area contributed by atoms with E-state index in [1.54, 1.807) is 11.8 Å². The Morgan fingerprint density at radius 3 is 3.11 bits per heavy atom. The van der Waals surface area contributed by atoms with Gasteiger partial charge in [-0.1, -0.05) is 22.0 Å². The smallest absolute Gasteiger partial charge is 0.230 e. The highest BCUT2D eigenvalue weighted by molar-refractivity contribution is 9.10. The Morgan fingerprint density at radius 1 is 1.61 bits per heavy atom. The Balaban J connectivity index is 1.81. The van der Waals surface area contributed by atoms with Gasteiger partial charge in [0.2, 0.25) is 5.91 Å². The second-order valence-electron chi connectivity index (χ2n) is 4.66. The molecule has 1 heterocycles. The number of ether oxygens (including phenoxy) is 1. The second-order valence-corrected chi connectivity index (χ2v) is 6.62. The van der Waals surface area contributed by atoms with Crippen LogP contribution in [0.4, 0.5) is 0 Å². The zero-order chi connectivity index (χ0) is 13.0. The Bertz CT molecular complexity index is 433. The summed E-state index contributed by atoms with van der Waals surface area (Å²) in [5.41, 5.74) is -0.186. The molecule has 1 aromatic carbocycles. The number of rotatable bonds is 4. The zero-order valence-electron chi connectivity index (χ0n) is 10.2. The summed E-state index contributed by atoms with van der Waals surface area (Å²) in [4.78, 5) is 13.0. The Hall–Kier alpha value is -0.520. The molecule has 0 aliphatic carbocycles. The van der Waals surface area contributed by atoms with Gasteiger partial charge in [0.25, 0.3) is 0 Å². The summed E-state index contributed by atoms with van der Waals surface area (Å²) in [7, 11) is 0. The fourth-order valence-electron chi connectivity index (χ4n) is 1.84. The molecule has 1 aromatic rings.